The highest BCUT2D eigenvalue weighted by Crippen LogP contribution is 2.27. The van der Waals surface area contributed by atoms with Crippen LogP contribution in [-0.2, 0) is 0 Å². The summed E-state index contributed by atoms with van der Waals surface area (Å²) in [5.74, 6) is -0.788. The number of nitrogen functional groups attached to an aromatic ring is 1. The maximum Gasteiger partial charge on any atom is 0.574 e. The average Bonchev–Trinajstić information content (AvgIpc) is 2.08. The van der Waals surface area contributed by atoms with Gasteiger partial charge in [0.05, 0.1) is 5.69 Å². The van der Waals surface area contributed by atoms with E-state index in [9.17, 15) is 13.2 Å². The summed E-state index contributed by atoms with van der Waals surface area (Å²) in [7, 11) is 0. The number of halogens is 4. The minimum Gasteiger partial charge on any atom is -0.397 e. The summed E-state index contributed by atoms with van der Waals surface area (Å²) in [5.41, 5.74) is 5.14. The number of rotatable bonds is 1. The van der Waals surface area contributed by atoms with Gasteiger partial charge in [0, 0.05) is 0 Å². The molecule has 0 saturated heterocycles. The normalized spacial score (nSPS) is 10.9. The molecule has 1 aromatic heterocycles. The molecule has 0 unspecified atom stereocenters. The molecule has 0 radical (unpaired) electrons. The van der Waals surface area contributed by atoms with Crippen molar-refractivity contribution >= 4 is 28.3 Å². The second-order valence-corrected chi connectivity index (χ2v) is 3.40. The highest BCUT2D eigenvalue weighted by Gasteiger charge is 2.33. The molecule has 15 heavy (non-hydrogen) atoms. The zero-order valence-corrected chi connectivity index (χ0v) is 9.13. The second-order valence-electron chi connectivity index (χ2n) is 2.38. The molecule has 0 aliphatic heterocycles. The Kier molecular flexibility index (Phi) is 3.23. The van der Waals surface area contributed by atoms with E-state index in [1.165, 1.54) is 6.07 Å². The first-order chi connectivity index (χ1) is 6.83. The van der Waals surface area contributed by atoms with Gasteiger partial charge in [-0.3, -0.25) is 0 Å². The van der Waals surface area contributed by atoms with Crippen LogP contribution >= 0.6 is 22.6 Å². The molecule has 0 aliphatic rings. The third-order valence-electron chi connectivity index (χ3n) is 1.30. The molecule has 4 nitrogen and oxygen atoms in total. The predicted molar refractivity (Wildman–Crippen MR) is 52.8 cm³/mol. The van der Waals surface area contributed by atoms with Crippen LogP contribution in [-0.4, -0.2) is 11.3 Å². The number of nitriles is 1. The van der Waals surface area contributed by atoms with Crippen molar-refractivity contribution in [1.29, 1.82) is 5.26 Å². The third-order valence-corrected chi connectivity index (χ3v) is 2.17. The van der Waals surface area contributed by atoms with Crippen LogP contribution in [0.3, 0.4) is 0 Å². The number of hydrogen-bond donors (Lipinski definition) is 1. The third kappa shape index (κ3) is 3.12. The van der Waals surface area contributed by atoms with Gasteiger partial charge in [-0.2, -0.15) is 5.26 Å². The van der Waals surface area contributed by atoms with Crippen molar-refractivity contribution in [3.63, 3.8) is 0 Å². The molecule has 2 N–H and O–H groups in total. The number of nitrogens with two attached hydrogens (primary N) is 1. The molecule has 80 valence electrons. The lowest BCUT2D eigenvalue weighted by molar-refractivity contribution is -0.276. The van der Waals surface area contributed by atoms with Crippen molar-refractivity contribution in [3.05, 3.63) is 15.3 Å². The highest BCUT2D eigenvalue weighted by atomic mass is 127. The Morgan fingerprint density at radius 3 is 2.60 bits per heavy atom. The van der Waals surface area contributed by atoms with Crippen molar-refractivity contribution < 1.29 is 17.9 Å². The molecule has 0 aromatic carbocycles. The van der Waals surface area contributed by atoms with Crippen LogP contribution in [0.5, 0.6) is 5.88 Å². The fourth-order valence-electron chi connectivity index (χ4n) is 0.758. The molecule has 1 aromatic rings. The Labute approximate surface area is 96.0 Å². The number of alkyl halides is 3. The smallest absolute Gasteiger partial charge is 0.397 e. The fourth-order valence-corrected chi connectivity index (χ4v) is 1.13. The molecule has 1 rings (SSSR count). The van der Waals surface area contributed by atoms with Crippen molar-refractivity contribution in [2.24, 2.45) is 0 Å². The second kappa shape index (κ2) is 4.09. The maximum atomic E-state index is 11.9. The molecule has 0 spiro atoms. The highest BCUT2D eigenvalue weighted by molar-refractivity contribution is 14.1. The van der Waals surface area contributed by atoms with Crippen LogP contribution in [0, 0.1) is 15.0 Å². The van der Waals surface area contributed by atoms with Crippen molar-refractivity contribution in [2.75, 3.05) is 5.73 Å². The molecule has 0 saturated carbocycles. The van der Waals surface area contributed by atoms with Crippen molar-refractivity contribution in [2.45, 2.75) is 6.36 Å². The molecular weight excluding hydrogens is 326 g/mol. The molecule has 1 heterocycles. The lowest BCUT2D eigenvalue weighted by atomic mass is 10.3. The van der Waals surface area contributed by atoms with Gasteiger partial charge in [0.2, 0.25) is 5.88 Å². The first-order valence-corrected chi connectivity index (χ1v) is 4.53. The number of ether oxygens (including phenoxy) is 1. The van der Waals surface area contributed by atoms with Gasteiger partial charge in [-0.25, -0.2) is 4.98 Å². The Balaban J connectivity index is 3.18. The molecular formula is C7H3F3IN3O. The lowest BCUT2D eigenvalue weighted by Crippen LogP contribution is -2.19. The van der Waals surface area contributed by atoms with Crippen molar-refractivity contribution in [3.8, 4) is 11.9 Å². The van der Waals surface area contributed by atoms with Gasteiger partial charge in [0.15, 0.2) is 0 Å². The van der Waals surface area contributed by atoms with E-state index in [-0.39, 0.29) is 15.0 Å². The molecule has 0 atom stereocenters. The Hall–Kier alpha value is -1.24. The van der Waals surface area contributed by atoms with Crippen LogP contribution < -0.4 is 10.5 Å². The first-order valence-electron chi connectivity index (χ1n) is 3.45. The summed E-state index contributed by atoms with van der Waals surface area (Å²) in [5, 5.41) is 8.54. The molecule has 0 bridgehead atoms. The molecule has 0 aliphatic carbocycles. The minimum absolute atomic E-state index is 0.127. The van der Waals surface area contributed by atoms with Crippen LogP contribution in [0.15, 0.2) is 6.07 Å². The van der Waals surface area contributed by atoms with Crippen molar-refractivity contribution in [1.82, 2.24) is 4.98 Å². The van der Waals surface area contributed by atoms with E-state index in [4.69, 9.17) is 11.0 Å². The monoisotopic (exact) mass is 329 g/mol. The lowest BCUT2D eigenvalue weighted by Gasteiger charge is -2.09. The summed E-state index contributed by atoms with van der Waals surface area (Å²) < 4.78 is 39.4. The summed E-state index contributed by atoms with van der Waals surface area (Å²) in [6, 6.07) is 2.59. The number of pyridine rings is 1. The van der Waals surface area contributed by atoms with E-state index in [0.717, 1.165) is 6.07 Å². The van der Waals surface area contributed by atoms with Gasteiger partial charge in [-0.1, -0.05) is 0 Å². The Bertz CT molecular complexity index is 427. The van der Waals surface area contributed by atoms with E-state index >= 15 is 0 Å². The van der Waals surface area contributed by atoms with Crippen LogP contribution in [0.4, 0.5) is 18.9 Å². The van der Waals surface area contributed by atoms with E-state index in [0.29, 0.717) is 0 Å². The summed E-state index contributed by atoms with van der Waals surface area (Å²) >= 11 is 1.64. The SMILES string of the molecule is N#Cc1cc(N)c(I)nc1OC(F)(F)F. The summed E-state index contributed by atoms with van der Waals surface area (Å²) in [6.07, 6.45) is -4.88. The van der Waals surface area contributed by atoms with Gasteiger partial charge in [-0.15, -0.1) is 13.2 Å². The predicted octanol–water partition coefficient (Wildman–Crippen LogP) is 2.04. The number of nitrogens with zero attached hydrogens (tertiary/aromatic N) is 2. The fraction of sp³-hybridized carbons (Fsp3) is 0.143. The zero-order chi connectivity index (χ0) is 11.6. The summed E-state index contributed by atoms with van der Waals surface area (Å²) in [6.45, 7) is 0. The number of anilines is 1. The number of hydrogen-bond acceptors (Lipinski definition) is 4. The quantitative estimate of drug-likeness (QED) is 0.632. The van der Waals surface area contributed by atoms with Gasteiger partial charge >= 0.3 is 6.36 Å². The maximum absolute atomic E-state index is 11.9. The van der Waals surface area contributed by atoms with Gasteiger partial charge in [0.25, 0.3) is 0 Å². The minimum atomic E-state index is -4.88. The van der Waals surface area contributed by atoms with Crippen LogP contribution in [0.1, 0.15) is 5.56 Å². The standard InChI is InChI=1S/C7H3F3IN3O/c8-7(9,10)15-6-3(2-12)1-4(13)5(11)14-6/h1H,13H2. The van der Waals surface area contributed by atoms with Crippen LogP contribution in [0.25, 0.3) is 0 Å². The largest absolute Gasteiger partial charge is 0.574 e. The molecule has 0 amide bonds. The Morgan fingerprint density at radius 1 is 1.53 bits per heavy atom. The van der Waals surface area contributed by atoms with Crippen LogP contribution in [0.2, 0.25) is 0 Å². The number of aromatic nitrogens is 1. The first kappa shape index (κ1) is 11.8. The summed E-state index contributed by atoms with van der Waals surface area (Å²) in [4.78, 5) is 3.43. The van der Waals surface area contributed by atoms with E-state index in [1.54, 1.807) is 22.6 Å². The van der Waals surface area contributed by atoms with E-state index < -0.39 is 12.2 Å². The average molecular weight is 329 g/mol. The topological polar surface area (TPSA) is 71.9 Å². The van der Waals surface area contributed by atoms with Gasteiger partial charge < -0.3 is 10.5 Å². The van der Waals surface area contributed by atoms with Gasteiger partial charge in [0.1, 0.15) is 15.3 Å². The molecule has 8 heteroatoms. The van der Waals surface area contributed by atoms with E-state index in [1.807, 2.05) is 0 Å². The Morgan fingerprint density at radius 2 is 2.13 bits per heavy atom. The molecule has 0 fully saturated rings. The zero-order valence-electron chi connectivity index (χ0n) is 6.97. The van der Waals surface area contributed by atoms with E-state index in [2.05, 4.69) is 9.72 Å². The van der Waals surface area contributed by atoms with Gasteiger partial charge in [-0.05, 0) is 28.7 Å².